The summed E-state index contributed by atoms with van der Waals surface area (Å²) in [5, 5.41) is 92.9. The van der Waals surface area contributed by atoms with Gasteiger partial charge in [-0.3, -0.25) is 4.79 Å². The van der Waals surface area contributed by atoms with Crippen LogP contribution >= 0.6 is 0 Å². The summed E-state index contributed by atoms with van der Waals surface area (Å²) in [6.45, 7) is -1.26. The van der Waals surface area contributed by atoms with Gasteiger partial charge in [0.1, 0.15) is 71.5 Å². The van der Waals surface area contributed by atoms with Crippen LogP contribution in [0.5, 0.6) is 23.0 Å². The second kappa shape index (κ2) is 11.6. The number of hydrogen-bond donors (Lipinski definition) is 9. The molecule has 0 amide bonds. The number of hydrogen-bond acceptors (Lipinski definition) is 15. The number of phenols is 3. The first-order valence-electron chi connectivity index (χ1n) is 12.8. The van der Waals surface area contributed by atoms with E-state index in [0.29, 0.717) is 0 Å². The van der Waals surface area contributed by atoms with Gasteiger partial charge in [-0.2, -0.15) is 0 Å². The third kappa shape index (κ3) is 5.15. The normalized spacial score (nSPS) is 31.7. The summed E-state index contributed by atoms with van der Waals surface area (Å²) >= 11 is 0. The number of fused-ring (bicyclic) bond motifs is 1. The van der Waals surface area contributed by atoms with Crippen LogP contribution in [0, 0.1) is 0 Å². The molecule has 0 bridgehead atoms. The lowest BCUT2D eigenvalue weighted by molar-refractivity contribution is -0.325. The van der Waals surface area contributed by atoms with Crippen LogP contribution in [0.1, 0.15) is 11.7 Å². The quantitative estimate of drug-likeness (QED) is 0.159. The average molecular weight is 595 g/mol. The molecule has 2 fully saturated rings. The topological polar surface area (TPSA) is 249 Å². The molecule has 2 aromatic carbocycles. The van der Waals surface area contributed by atoms with Gasteiger partial charge < -0.3 is 69.3 Å². The van der Waals surface area contributed by atoms with E-state index >= 15 is 0 Å². The monoisotopic (exact) mass is 594 g/mol. The van der Waals surface area contributed by atoms with Crippen molar-refractivity contribution < 1.29 is 69.3 Å². The van der Waals surface area contributed by atoms with E-state index in [1.807, 2.05) is 0 Å². The summed E-state index contributed by atoms with van der Waals surface area (Å²) < 4.78 is 27.9. The minimum atomic E-state index is -1.86. The highest BCUT2D eigenvalue weighted by Crippen LogP contribution is 2.45. The minimum absolute atomic E-state index is 0.0551. The number of rotatable bonds is 6. The molecule has 3 heterocycles. The summed E-state index contributed by atoms with van der Waals surface area (Å²) in [6.07, 6.45) is -15.0. The van der Waals surface area contributed by atoms with Crippen molar-refractivity contribution in [1.82, 2.24) is 0 Å². The average Bonchev–Trinajstić information content (AvgIpc) is 2.96. The molecule has 2 saturated heterocycles. The number of aliphatic hydroxyl groups is 6. The van der Waals surface area contributed by atoms with Crippen LogP contribution in [0.4, 0.5) is 0 Å². The molecule has 5 rings (SSSR count). The molecular formula is C27H30O15. The van der Waals surface area contributed by atoms with E-state index in [0.717, 1.165) is 12.1 Å². The molecule has 15 nitrogen and oxygen atoms in total. The largest absolute Gasteiger partial charge is 0.507 e. The Kier molecular flexibility index (Phi) is 8.30. The Morgan fingerprint density at radius 1 is 0.905 bits per heavy atom. The fourth-order valence-electron chi connectivity index (χ4n) is 5.10. The number of methoxy groups -OCH3 is 1. The lowest BCUT2D eigenvalue weighted by atomic mass is 9.89. The highest BCUT2D eigenvalue weighted by atomic mass is 16.7. The zero-order valence-corrected chi connectivity index (χ0v) is 22.0. The van der Waals surface area contributed by atoms with Crippen LogP contribution in [0.2, 0.25) is 0 Å². The molecule has 0 spiro atoms. The van der Waals surface area contributed by atoms with E-state index in [9.17, 15) is 50.8 Å². The first-order valence-corrected chi connectivity index (χ1v) is 12.8. The van der Waals surface area contributed by atoms with Gasteiger partial charge in [-0.25, -0.2) is 0 Å². The highest BCUT2D eigenvalue weighted by molar-refractivity contribution is 5.89. The maximum absolute atomic E-state index is 13.2. The second-order valence-corrected chi connectivity index (χ2v) is 10.0. The summed E-state index contributed by atoms with van der Waals surface area (Å²) in [5.41, 5.74) is -1.26. The standard InChI is InChI=1S/C27H30O15/c1-38-16-4-9(2-3-10(16)29)15-6-13(32)18-11(30)5-12(31)19(24(18)40-15)25-26(22(36)21(35)17(7-28)41-25)42-27-23(37)20(34)14(33)8-39-27/h2-6,14,17,20-23,25-31,33-37H,7-8H2,1H3/t14-,17+,20+,21+,22-,23+,25-,26+,27+/m0/s1. The Balaban J connectivity index is 1.68. The van der Waals surface area contributed by atoms with E-state index in [4.69, 9.17) is 23.4 Å². The van der Waals surface area contributed by atoms with Crippen LogP contribution in [0.3, 0.4) is 0 Å². The predicted octanol–water partition coefficient (Wildman–Crippen LogP) is -1.44. The molecule has 0 unspecified atom stereocenters. The first kappa shape index (κ1) is 30.0. The molecule has 42 heavy (non-hydrogen) atoms. The van der Waals surface area contributed by atoms with E-state index in [1.165, 1.54) is 25.3 Å². The second-order valence-electron chi connectivity index (χ2n) is 10.0. The van der Waals surface area contributed by atoms with Crippen LogP contribution in [-0.2, 0) is 14.2 Å². The van der Waals surface area contributed by atoms with E-state index < -0.39 is 96.2 Å². The Morgan fingerprint density at radius 2 is 1.64 bits per heavy atom. The minimum Gasteiger partial charge on any atom is -0.507 e. The Bertz CT molecular complexity index is 1510. The van der Waals surface area contributed by atoms with Gasteiger partial charge in [0.05, 0.1) is 25.9 Å². The number of ether oxygens (including phenoxy) is 4. The van der Waals surface area contributed by atoms with Gasteiger partial charge in [0.25, 0.3) is 0 Å². The van der Waals surface area contributed by atoms with Crippen molar-refractivity contribution >= 4 is 11.0 Å². The first-order chi connectivity index (χ1) is 20.0. The van der Waals surface area contributed by atoms with Gasteiger partial charge in [-0.15, -0.1) is 0 Å². The van der Waals surface area contributed by atoms with Gasteiger partial charge >= 0.3 is 0 Å². The van der Waals surface area contributed by atoms with Crippen molar-refractivity contribution in [3.8, 4) is 34.3 Å². The Hall–Kier alpha value is -3.51. The molecule has 0 aliphatic carbocycles. The maximum Gasteiger partial charge on any atom is 0.197 e. The van der Waals surface area contributed by atoms with Crippen molar-refractivity contribution in [3.05, 3.63) is 46.1 Å². The molecule has 15 heteroatoms. The molecule has 0 saturated carbocycles. The number of aromatic hydroxyl groups is 3. The van der Waals surface area contributed by atoms with Crippen LogP contribution in [-0.4, -0.2) is 115 Å². The van der Waals surface area contributed by atoms with Crippen LogP contribution in [0.15, 0.2) is 39.5 Å². The third-order valence-corrected chi connectivity index (χ3v) is 7.36. The lowest BCUT2D eigenvalue weighted by Crippen LogP contribution is -2.60. The van der Waals surface area contributed by atoms with Crippen LogP contribution in [0.25, 0.3) is 22.3 Å². The van der Waals surface area contributed by atoms with Gasteiger partial charge in [0.15, 0.2) is 28.8 Å². The Labute approximate surface area is 236 Å². The van der Waals surface area contributed by atoms with Gasteiger partial charge in [0.2, 0.25) is 0 Å². The Morgan fingerprint density at radius 3 is 2.33 bits per heavy atom. The summed E-state index contributed by atoms with van der Waals surface area (Å²) in [5.74, 6) is -1.58. The van der Waals surface area contributed by atoms with Crippen molar-refractivity contribution in [3.63, 3.8) is 0 Å². The zero-order valence-electron chi connectivity index (χ0n) is 22.0. The molecule has 2 aliphatic rings. The number of benzene rings is 2. The van der Waals surface area contributed by atoms with E-state index in [1.54, 1.807) is 0 Å². The SMILES string of the molecule is COc1cc(-c2cc(=O)c3c(O)cc(O)c([C@@H]4O[C@H](CO)[C@@H](O)[C@H](O)[C@H]4O[C@H]4OC[C@H](O)[C@@H](O)[C@H]4O)c3o2)ccc1O. The third-order valence-electron chi connectivity index (χ3n) is 7.36. The van der Waals surface area contributed by atoms with E-state index in [-0.39, 0.29) is 28.4 Å². The molecule has 228 valence electrons. The van der Waals surface area contributed by atoms with Crippen molar-refractivity contribution in [2.75, 3.05) is 20.3 Å². The van der Waals surface area contributed by atoms with Crippen LogP contribution < -0.4 is 10.2 Å². The van der Waals surface area contributed by atoms with Gasteiger partial charge in [0, 0.05) is 17.7 Å². The molecule has 9 atom stereocenters. The summed E-state index contributed by atoms with van der Waals surface area (Å²) in [4.78, 5) is 13.2. The molecule has 2 aliphatic heterocycles. The number of aliphatic hydroxyl groups excluding tert-OH is 6. The summed E-state index contributed by atoms with van der Waals surface area (Å²) in [7, 11) is 1.31. The lowest BCUT2D eigenvalue weighted by Gasteiger charge is -2.45. The molecule has 9 N–H and O–H groups in total. The molecular weight excluding hydrogens is 564 g/mol. The number of phenolic OH excluding ortho intramolecular Hbond substituents is 3. The molecule has 3 aromatic rings. The molecule has 1 aromatic heterocycles. The maximum atomic E-state index is 13.2. The zero-order chi connectivity index (χ0) is 30.5. The molecule has 0 radical (unpaired) electrons. The predicted molar refractivity (Wildman–Crippen MR) is 139 cm³/mol. The van der Waals surface area contributed by atoms with Gasteiger partial charge in [-0.1, -0.05) is 0 Å². The smallest absolute Gasteiger partial charge is 0.197 e. The van der Waals surface area contributed by atoms with Crippen molar-refractivity contribution in [1.29, 1.82) is 0 Å². The fraction of sp³-hybridized carbons (Fsp3) is 0.444. The van der Waals surface area contributed by atoms with Crippen molar-refractivity contribution in [2.45, 2.75) is 55.1 Å². The van der Waals surface area contributed by atoms with Crippen molar-refractivity contribution in [2.24, 2.45) is 0 Å². The highest BCUT2D eigenvalue weighted by Gasteiger charge is 2.50. The van der Waals surface area contributed by atoms with E-state index in [2.05, 4.69) is 0 Å². The van der Waals surface area contributed by atoms with Gasteiger partial charge in [-0.05, 0) is 18.2 Å². The fourth-order valence-corrected chi connectivity index (χ4v) is 5.10. The summed E-state index contributed by atoms with van der Waals surface area (Å²) in [6, 6.07) is 5.96.